The van der Waals surface area contributed by atoms with Crippen LogP contribution in [0.2, 0.25) is 0 Å². The van der Waals surface area contributed by atoms with Crippen molar-refractivity contribution in [3.63, 3.8) is 0 Å². The molecule has 0 saturated heterocycles. The second-order valence-corrected chi connectivity index (χ2v) is 4.83. The molecule has 0 spiro atoms. The van der Waals surface area contributed by atoms with Gasteiger partial charge >= 0.3 is 0 Å². The minimum atomic E-state index is -0.171. The van der Waals surface area contributed by atoms with Gasteiger partial charge in [0.1, 0.15) is 0 Å². The third-order valence-corrected chi connectivity index (χ3v) is 3.21. The van der Waals surface area contributed by atoms with Gasteiger partial charge in [-0.05, 0) is 24.3 Å². The summed E-state index contributed by atoms with van der Waals surface area (Å²) in [5, 5.41) is 2.80. The molecule has 0 radical (unpaired) electrons. The van der Waals surface area contributed by atoms with E-state index in [9.17, 15) is 4.79 Å². The Kier molecular flexibility index (Phi) is 4.20. The summed E-state index contributed by atoms with van der Waals surface area (Å²) in [5.74, 6) is -0.171. The van der Waals surface area contributed by atoms with E-state index in [2.05, 4.69) is 11.9 Å². The molecule has 0 atom stereocenters. The van der Waals surface area contributed by atoms with Crippen molar-refractivity contribution in [3.8, 4) is 0 Å². The standard InChI is InChI=1S/C15H13NOS/c1-12(18-14-10-6-3-7-11-14)15(17)16-13-8-4-2-5-9-13/h2-11H,1H2,(H,16,17). The van der Waals surface area contributed by atoms with Crippen LogP contribution in [0.25, 0.3) is 0 Å². The van der Waals surface area contributed by atoms with Gasteiger partial charge in [0.25, 0.3) is 5.91 Å². The van der Waals surface area contributed by atoms with E-state index in [0.29, 0.717) is 4.91 Å². The molecule has 18 heavy (non-hydrogen) atoms. The van der Waals surface area contributed by atoms with Crippen LogP contribution in [-0.2, 0) is 4.79 Å². The molecule has 0 fully saturated rings. The molecular weight excluding hydrogens is 242 g/mol. The van der Waals surface area contributed by atoms with E-state index in [1.807, 2.05) is 60.7 Å². The summed E-state index contributed by atoms with van der Waals surface area (Å²) in [7, 11) is 0. The van der Waals surface area contributed by atoms with Crippen molar-refractivity contribution in [2.45, 2.75) is 4.90 Å². The third-order valence-electron chi connectivity index (χ3n) is 2.27. The van der Waals surface area contributed by atoms with Crippen LogP contribution in [0.3, 0.4) is 0 Å². The molecule has 0 bridgehead atoms. The van der Waals surface area contributed by atoms with Gasteiger partial charge in [0.15, 0.2) is 0 Å². The van der Waals surface area contributed by atoms with Crippen LogP contribution in [0, 0.1) is 0 Å². The number of benzene rings is 2. The number of carbonyl (C=O) groups excluding carboxylic acids is 1. The lowest BCUT2D eigenvalue weighted by molar-refractivity contribution is -0.112. The van der Waals surface area contributed by atoms with Crippen molar-refractivity contribution >= 4 is 23.4 Å². The van der Waals surface area contributed by atoms with Crippen molar-refractivity contribution in [3.05, 3.63) is 72.1 Å². The average Bonchev–Trinajstić information content (AvgIpc) is 2.41. The summed E-state index contributed by atoms with van der Waals surface area (Å²) < 4.78 is 0. The fraction of sp³-hybridized carbons (Fsp3) is 0. The third kappa shape index (κ3) is 3.50. The van der Waals surface area contributed by atoms with E-state index >= 15 is 0 Å². The van der Waals surface area contributed by atoms with Crippen LogP contribution < -0.4 is 5.32 Å². The Morgan fingerprint density at radius 1 is 0.944 bits per heavy atom. The van der Waals surface area contributed by atoms with Crippen LogP contribution in [-0.4, -0.2) is 5.91 Å². The Morgan fingerprint density at radius 2 is 1.50 bits per heavy atom. The first-order valence-corrected chi connectivity index (χ1v) is 6.35. The number of anilines is 1. The van der Waals surface area contributed by atoms with E-state index in [4.69, 9.17) is 0 Å². The van der Waals surface area contributed by atoms with Crippen LogP contribution in [0.5, 0.6) is 0 Å². The van der Waals surface area contributed by atoms with Crippen LogP contribution >= 0.6 is 11.8 Å². The van der Waals surface area contributed by atoms with E-state index in [1.165, 1.54) is 11.8 Å². The maximum atomic E-state index is 11.9. The van der Waals surface area contributed by atoms with Crippen molar-refractivity contribution in [2.24, 2.45) is 0 Å². The number of thioether (sulfide) groups is 1. The zero-order valence-corrected chi connectivity index (χ0v) is 10.6. The van der Waals surface area contributed by atoms with Gasteiger partial charge in [-0.3, -0.25) is 4.79 Å². The summed E-state index contributed by atoms with van der Waals surface area (Å²) in [4.78, 5) is 13.4. The second kappa shape index (κ2) is 6.07. The molecule has 0 aliphatic rings. The van der Waals surface area contributed by atoms with Crippen molar-refractivity contribution in [2.75, 3.05) is 5.32 Å². The molecule has 0 aliphatic carbocycles. The number of nitrogens with one attached hydrogen (secondary N) is 1. The SMILES string of the molecule is C=C(Sc1ccccc1)C(=O)Nc1ccccc1. The summed E-state index contributed by atoms with van der Waals surface area (Å²) in [5.41, 5.74) is 0.775. The number of carbonyl (C=O) groups is 1. The maximum absolute atomic E-state index is 11.9. The van der Waals surface area contributed by atoms with Gasteiger partial charge in [-0.1, -0.05) is 54.7 Å². The van der Waals surface area contributed by atoms with Crippen molar-refractivity contribution in [1.82, 2.24) is 0 Å². The van der Waals surface area contributed by atoms with Crippen LogP contribution in [0.1, 0.15) is 0 Å². The number of amides is 1. The predicted octanol–water partition coefficient (Wildman–Crippen LogP) is 3.93. The molecule has 0 aromatic heterocycles. The lowest BCUT2D eigenvalue weighted by Gasteiger charge is -2.07. The van der Waals surface area contributed by atoms with Crippen LogP contribution in [0.4, 0.5) is 5.69 Å². The molecule has 0 aliphatic heterocycles. The monoisotopic (exact) mass is 255 g/mol. The first kappa shape index (κ1) is 12.5. The maximum Gasteiger partial charge on any atom is 0.261 e. The van der Waals surface area contributed by atoms with Gasteiger partial charge in [-0.2, -0.15) is 0 Å². The number of hydrogen-bond acceptors (Lipinski definition) is 2. The van der Waals surface area contributed by atoms with E-state index in [1.54, 1.807) is 0 Å². The molecule has 1 amide bonds. The van der Waals surface area contributed by atoms with E-state index in [0.717, 1.165) is 10.6 Å². The molecule has 0 unspecified atom stereocenters. The Hall–Kier alpha value is -2.00. The summed E-state index contributed by atoms with van der Waals surface area (Å²) >= 11 is 1.36. The lowest BCUT2D eigenvalue weighted by atomic mass is 10.3. The van der Waals surface area contributed by atoms with Crippen molar-refractivity contribution in [1.29, 1.82) is 0 Å². The molecule has 2 aromatic rings. The minimum absolute atomic E-state index is 0.171. The summed E-state index contributed by atoms with van der Waals surface area (Å²) in [6, 6.07) is 19.1. The quantitative estimate of drug-likeness (QED) is 0.662. The predicted molar refractivity (Wildman–Crippen MR) is 76.5 cm³/mol. The van der Waals surface area contributed by atoms with Gasteiger partial charge in [-0.25, -0.2) is 0 Å². The molecule has 2 nitrogen and oxygen atoms in total. The van der Waals surface area contributed by atoms with Gasteiger partial charge < -0.3 is 5.32 Å². The molecule has 3 heteroatoms. The Balaban J connectivity index is 1.96. The van der Waals surface area contributed by atoms with E-state index < -0.39 is 0 Å². The van der Waals surface area contributed by atoms with Gasteiger partial charge in [0, 0.05) is 10.6 Å². The molecular formula is C15H13NOS. The molecule has 1 N–H and O–H groups in total. The molecule has 0 saturated carbocycles. The number of hydrogen-bond donors (Lipinski definition) is 1. The zero-order valence-electron chi connectivity index (χ0n) is 9.80. The van der Waals surface area contributed by atoms with E-state index in [-0.39, 0.29) is 5.91 Å². The number of rotatable bonds is 4. The highest BCUT2D eigenvalue weighted by Gasteiger charge is 2.08. The summed E-state index contributed by atoms with van der Waals surface area (Å²) in [6.07, 6.45) is 0. The van der Waals surface area contributed by atoms with Gasteiger partial charge in [-0.15, -0.1) is 0 Å². The fourth-order valence-corrected chi connectivity index (χ4v) is 2.12. The molecule has 90 valence electrons. The highest BCUT2D eigenvalue weighted by molar-refractivity contribution is 8.04. The minimum Gasteiger partial charge on any atom is -0.322 e. The average molecular weight is 255 g/mol. The Bertz CT molecular complexity index is 485. The first-order valence-electron chi connectivity index (χ1n) is 5.54. The zero-order chi connectivity index (χ0) is 12.8. The van der Waals surface area contributed by atoms with Crippen molar-refractivity contribution < 1.29 is 4.79 Å². The van der Waals surface area contributed by atoms with Crippen LogP contribution in [0.15, 0.2) is 77.0 Å². The largest absolute Gasteiger partial charge is 0.322 e. The smallest absolute Gasteiger partial charge is 0.261 e. The topological polar surface area (TPSA) is 29.1 Å². The molecule has 2 rings (SSSR count). The summed E-state index contributed by atoms with van der Waals surface area (Å²) in [6.45, 7) is 3.80. The first-order chi connectivity index (χ1) is 8.75. The lowest BCUT2D eigenvalue weighted by Crippen LogP contribution is -2.11. The number of para-hydroxylation sites is 1. The Morgan fingerprint density at radius 3 is 2.11 bits per heavy atom. The highest BCUT2D eigenvalue weighted by Crippen LogP contribution is 2.25. The fourth-order valence-electron chi connectivity index (χ4n) is 1.40. The second-order valence-electron chi connectivity index (χ2n) is 3.66. The van der Waals surface area contributed by atoms with Gasteiger partial charge in [0.2, 0.25) is 0 Å². The highest BCUT2D eigenvalue weighted by atomic mass is 32.2. The molecule has 0 heterocycles. The Labute approximate surface area is 111 Å². The van der Waals surface area contributed by atoms with Gasteiger partial charge in [0.05, 0.1) is 4.91 Å². The normalized spacial score (nSPS) is 9.78. The molecule has 2 aromatic carbocycles.